The first-order valence-corrected chi connectivity index (χ1v) is 19.6. The van der Waals surface area contributed by atoms with Crippen molar-refractivity contribution < 1.29 is 0 Å². The molecule has 0 N–H and O–H groups in total. The minimum atomic E-state index is 1.09. The Labute approximate surface area is 323 Å². The number of para-hydroxylation sites is 4. The molecule has 0 atom stereocenters. The molecule has 3 heteroatoms. The van der Waals surface area contributed by atoms with Gasteiger partial charge in [-0.05, 0) is 64.9 Å². The number of aromatic nitrogens is 1. The normalized spacial score (nSPS) is 11.6. The first-order valence-electron chi connectivity index (χ1n) is 18.8. The summed E-state index contributed by atoms with van der Waals surface area (Å²) in [4.78, 5) is 2.49. The van der Waals surface area contributed by atoms with E-state index in [4.69, 9.17) is 0 Å². The quantitative estimate of drug-likeness (QED) is 0.166. The van der Waals surface area contributed by atoms with Gasteiger partial charge in [-0.1, -0.05) is 158 Å². The van der Waals surface area contributed by atoms with Crippen molar-refractivity contribution in [2.24, 2.45) is 0 Å². The van der Waals surface area contributed by atoms with E-state index in [-0.39, 0.29) is 0 Å². The van der Waals surface area contributed by atoms with Crippen molar-refractivity contribution in [2.45, 2.75) is 0 Å². The Morgan fingerprint density at radius 1 is 0.364 bits per heavy atom. The highest BCUT2D eigenvalue weighted by molar-refractivity contribution is 7.26. The monoisotopic (exact) mass is 718 g/mol. The van der Waals surface area contributed by atoms with E-state index in [9.17, 15) is 0 Å². The van der Waals surface area contributed by atoms with Crippen molar-refractivity contribution in [1.29, 1.82) is 0 Å². The summed E-state index contributed by atoms with van der Waals surface area (Å²) in [6.45, 7) is 0. The van der Waals surface area contributed by atoms with E-state index in [0.29, 0.717) is 0 Å². The molecule has 0 amide bonds. The van der Waals surface area contributed by atoms with E-state index in [2.05, 4.69) is 216 Å². The van der Waals surface area contributed by atoms with Crippen LogP contribution in [-0.2, 0) is 0 Å². The molecule has 0 spiro atoms. The second-order valence-electron chi connectivity index (χ2n) is 14.1. The molecular formula is C52H34N2S. The highest BCUT2D eigenvalue weighted by Gasteiger charge is 2.24. The van der Waals surface area contributed by atoms with Gasteiger partial charge in [0.25, 0.3) is 0 Å². The van der Waals surface area contributed by atoms with E-state index in [1.165, 1.54) is 75.0 Å². The maximum Gasteiger partial charge on any atom is 0.0561 e. The number of hydrogen-bond acceptors (Lipinski definition) is 2. The minimum absolute atomic E-state index is 1.09. The number of rotatable bonds is 6. The van der Waals surface area contributed by atoms with E-state index in [1.807, 2.05) is 11.3 Å². The van der Waals surface area contributed by atoms with Gasteiger partial charge in [-0.2, -0.15) is 0 Å². The first kappa shape index (κ1) is 31.6. The number of anilines is 3. The molecule has 2 nitrogen and oxygen atoms in total. The van der Waals surface area contributed by atoms with Gasteiger partial charge >= 0.3 is 0 Å². The Bertz CT molecular complexity index is 3220. The second-order valence-corrected chi connectivity index (χ2v) is 15.1. The Morgan fingerprint density at radius 2 is 0.927 bits per heavy atom. The van der Waals surface area contributed by atoms with Gasteiger partial charge < -0.3 is 9.47 Å². The molecule has 0 aliphatic heterocycles. The van der Waals surface area contributed by atoms with Gasteiger partial charge in [-0.3, -0.25) is 0 Å². The lowest BCUT2D eigenvalue weighted by molar-refractivity contribution is 1.18. The van der Waals surface area contributed by atoms with Crippen LogP contribution in [0.25, 0.3) is 80.7 Å². The lowest BCUT2D eigenvalue weighted by Crippen LogP contribution is -2.12. The summed E-state index contributed by atoms with van der Waals surface area (Å²) in [5.74, 6) is 0. The van der Waals surface area contributed by atoms with E-state index in [0.717, 1.165) is 22.7 Å². The average Bonchev–Trinajstić information content (AvgIpc) is 3.80. The SMILES string of the molecule is c1ccc(-n2c3ccccc3c3ccc(N(c4ccccc4-c4cccc5ccccc45)c4ccccc4-c4cccc5c4sc4ccccc45)cc32)cc1. The summed E-state index contributed by atoms with van der Waals surface area (Å²) in [5.41, 5.74) is 11.7. The molecule has 0 aliphatic rings. The van der Waals surface area contributed by atoms with Crippen molar-refractivity contribution >= 4 is 81.1 Å². The second kappa shape index (κ2) is 12.9. The van der Waals surface area contributed by atoms with Gasteiger partial charge in [0, 0.05) is 59.0 Å². The molecule has 0 aliphatic carbocycles. The van der Waals surface area contributed by atoms with E-state index in [1.54, 1.807) is 0 Å². The van der Waals surface area contributed by atoms with Crippen molar-refractivity contribution in [3.63, 3.8) is 0 Å². The molecule has 2 aromatic heterocycles. The fourth-order valence-electron chi connectivity index (χ4n) is 8.57. The molecule has 9 aromatic carbocycles. The molecule has 0 saturated heterocycles. The standard InChI is InChI=1S/C52H34N2S/c1-2-18-36(19-3-1)53-48-29-11-7-22-41(48)43-33-32-37(34-50(43)53)54(47-28-10-6-21-40(47)39-25-14-17-35-16-4-5-20-38(35)39)49-30-12-8-23-42(49)45-26-15-27-46-44-24-9-13-31-51(44)55-52(45)46/h1-34H. The zero-order valence-electron chi connectivity index (χ0n) is 29.9. The summed E-state index contributed by atoms with van der Waals surface area (Å²) < 4.78 is 5.02. The third-order valence-corrected chi connectivity index (χ3v) is 12.2. The molecule has 0 radical (unpaired) electrons. The van der Waals surface area contributed by atoms with Crippen LogP contribution in [0.3, 0.4) is 0 Å². The largest absolute Gasteiger partial charge is 0.309 e. The Hall–Kier alpha value is -6.94. The zero-order chi connectivity index (χ0) is 36.3. The Morgan fingerprint density at radius 3 is 1.76 bits per heavy atom. The predicted octanol–water partition coefficient (Wildman–Crippen LogP) is 15.1. The van der Waals surface area contributed by atoms with Gasteiger partial charge in [0.2, 0.25) is 0 Å². The van der Waals surface area contributed by atoms with Crippen molar-refractivity contribution in [2.75, 3.05) is 4.90 Å². The highest BCUT2D eigenvalue weighted by Crippen LogP contribution is 2.49. The summed E-state index contributed by atoms with van der Waals surface area (Å²) in [5, 5.41) is 7.54. The molecule has 11 rings (SSSR count). The predicted molar refractivity (Wildman–Crippen MR) is 237 cm³/mol. The van der Waals surface area contributed by atoms with Crippen molar-refractivity contribution in [3.8, 4) is 27.9 Å². The maximum atomic E-state index is 2.49. The molecular weight excluding hydrogens is 685 g/mol. The van der Waals surface area contributed by atoms with Crippen LogP contribution < -0.4 is 4.90 Å². The number of benzene rings is 9. The zero-order valence-corrected chi connectivity index (χ0v) is 30.7. The van der Waals surface area contributed by atoms with E-state index >= 15 is 0 Å². The number of hydrogen-bond donors (Lipinski definition) is 0. The average molecular weight is 719 g/mol. The first-order chi connectivity index (χ1) is 27.3. The molecule has 11 aromatic rings. The number of thiophene rings is 1. The Balaban J connectivity index is 1.22. The van der Waals surface area contributed by atoms with Gasteiger partial charge in [-0.25, -0.2) is 0 Å². The minimum Gasteiger partial charge on any atom is -0.309 e. The Kier molecular flexibility index (Phi) is 7.39. The van der Waals surface area contributed by atoms with Crippen LogP contribution in [0.5, 0.6) is 0 Å². The van der Waals surface area contributed by atoms with Crippen LogP contribution in [0.2, 0.25) is 0 Å². The van der Waals surface area contributed by atoms with Gasteiger partial charge in [-0.15, -0.1) is 11.3 Å². The summed E-state index contributed by atoms with van der Waals surface area (Å²) in [6.07, 6.45) is 0. The van der Waals surface area contributed by atoms with Gasteiger partial charge in [0.1, 0.15) is 0 Å². The third-order valence-electron chi connectivity index (χ3n) is 11.0. The van der Waals surface area contributed by atoms with Gasteiger partial charge in [0.15, 0.2) is 0 Å². The summed E-state index contributed by atoms with van der Waals surface area (Å²) in [6, 6.07) is 75.2. The molecule has 0 bridgehead atoms. The molecule has 0 unspecified atom stereocenters. The van der Waals surface area contributed by atoms with Crippen LogP contribution in [0.4, 0.5) is 17.1 Å². The molecule has 55 heavy (non-hydrogen) atoms. The maximum absolute atomic E-state index is 2.49. The third kappa shape index (κ3) is 5.09. The van der Waals surface area contributed by atoms with Crippen molar-refractivity contribution in [1.82, 2.24) is 4.57 Å². The van der Waals surface area contributed by atoms with Crippen LogP contribution in [0, 0.1) is 0 Å². The van der Waals surface area contributed by atoms with Crippen LogP contribution in [0.1, 0.15) is 0 Å². The number of fused-ring (bicyclic) bond motifs is 7. The summed E-state index contributed by atoms with van der Waals surface area (Å²) in [7, 11) is 0. The summed E-state index contributed by atoms with van der Waals surface area (Å²) >= 11 is 1.88. The fraction of sp³-hybridized carbons (Fsp3) is 0. The lowest BCUT2D eigenvalue weighted by Gasteiger charge is -2.30. The molecule has 0 saturated carbocycles. The topological polar surface area (TPSA) is 8.17 Å². The molecule has 2 heterocycles. The highest BCUT2D eigenvalue weighted by atomic mass is 32.1. The van der Waals surface area contributed by atoms with Crippen LogP contribution >= 0.6 is 11.3 Å². The van der Waals surface area contributed by atoms with Crippen molar-refractivity contribution in [3.05, 3.63) is 206 Å². The van der Waals surface area contributed by atoms with Gasteiger partial charge in [0.05, 0.1) is 22.4 Å². The molecule has 0 fully saturated rings. The number of nitrogens with zero attached hydrogens (tertiary/aromatic N) is 2. The fourth-order valence-corrected chi connectivity index (χ4v) is 9.80. The van der Waals surface area contributed by atoms with E-state index < -0.39 is 0 Å². The lowest BCUT2D eigenvalue weighted by atomic mass is 9.95. The van der Waals surface area contributed by atoms with Crippen LogP contribution in [-0.4, -0.2) is 4.57 Å². The van der Waals surface area contributed by atoms with Crippen LogP contribution in [0.15, 0.2) is 206 Å². The molecule has 258 valence electrons. The smallest absolute Gasteiger partial charge is 0.0561 e.